The highest BCUT2D eigenvalue weighted by Gasteiger charge is 2.23. The van der Waals surface area contributed by atoms with Gasteiger partial charge in [-0.1, -0.05) is 6.92 Å². The summed E-state index contributed by atoms with van der Waals surface area (Å²) in [4.78, 5) is 11.8. The van der Waals surface area contributed by atoms with Crippen LogP contribution in [0.4, 0.5) is 0 Å². The summed E-state index contributed by atoms with van der Waals surface area (Å²) in [7, 11) is 0. The van der Waals surface area contributed by atoms with Crippen LogP contribution >= 0.6 is 11.6 Å². The van der Waals surface area contributed by atoms with Crippen molar-refractivity contribution in [1.82, 2.24) is 5.32 Å². The van der Waals surface area contributed by atoms with E-state index in [0.717, 1.165) is 38.1 Å². The first-order chi connectivity index (χ1) is 7.59. The highest BCUT2D eigenvalue weighted by molar-refractivity contribution is 6.20. The van der Waals surface area contributed by atoms with Gasteiger partial charge in [-0.25, -0.2) is 0 Å². The van der Waals surface area contributed by atoms with Crippen molar-refractivity contribution in [3.8, 4) is 0 Å². The van der Waals surface area contributed by atoms with Gasteiger partial charge in [0.15, 0.2) is 0 Å². The fourth-order valence-electron chi connectivity index (χ4n) is 2.26. The largest absolute Gasteiger partial charge is 0.356 e. The van der Waals surface area contributed by atoms with Gasteiger partial charge >= 0.3 is 0 Å². The van der Waals surface area contributed by atoms with Gasteiger partial charge in [0.2, 0.25) is 5.91 Å². The Morgan fingerprint density at radius 2 is 2.00 bits per heavy atom. The minimum atomic E-state index is 0.215. The predicted molar refractivity (Wildman–Crippen MR) is 68.7 cm³/mol. The van der Waals surface area contributed by atoms with E-state index < -0.39 is 0 Å². The van der Waals surface area contributed by atoms with Crippen molar-refractivity contribution in [1.29, 1.82) is 0 Å². The minimum absolute atomic E-state index is 0.215. The SMILES string of the molecule is CC(Cl)CCCNC(=O)C1CCC(C)CC1. The highest BCUT2D eigenvalue weighted by atomic mass is 35.5. The molecule has 1 N–H and O–H groups in total. The Hall–Kier alpha value is -0.240. The second-order valence-electron chi connectivity index (χ2n) is 5.17. The second-order valence-corrected chi connectivity index (χ2v) is 5.92. The molecule has 0 bridgehead atoms. The molecule has 1 fully saturated rings. The van der Waals surface area contributed by atoms with Crippen LogP contribution in [0.2, 0.25) is 0 Å². The molecule has 0 radical (unpaired) electrons. The van der Waals surface area contributed by atoms with Crippen molar-refractivity contribution in [2.75, 3.05) is 6.54 Å². The molecule has 0 aromatic carbocycles. The molecule has 0 spiro atoms. The highest BCUT2D eigenvalue weighted by Crippen LogP contribution is 2.28. The van der Waals surface area contributed by atoms with Crippen LogP contribution in [-0.4, -0.2) is 17.8 Å². The number of halogens is 1. The van der Waals surface area contributed by atoms with Gasteiger partial charge in [-0.05, 0) is 51.4 Å². The standard InChI is InChI=1S/C13H24ClNO/c1-10-5-7-12(8-6-10)13(16)15-9-3-4-11(2)14/h10-12H,3-9H2,1-2H3,(H,15,16). The number of rotatable bonds is 5. The molecule has 0 aliphatic heterocycles. The van der Waals surface area contributed by atoms with Crippen molar-refractivity contribution in [3.05, 3.63) is 0 Å². The Labute approximate surface area is 104 Å². The van der Waals surface area contributed by atoms with E-state index in [9.17, 15) is 4.79 Å². The van der Waals surface area contributed by atoms with E-state index in [4.69, 9.17) is 11.6 Å². The summed E-state index contributed by atoms with van der Waals surface area (Å²) < 4.78 is 0. The van der Waals surface area contributed by atoms with Crippen LogP contribution in [0.3, 0.4) is 0 Å². The topological polar surface area (TPSA) is 29.1 Å². The van der Waals surface area contributed by atoms with Gasteiger partial charge in [0.05, 0.1) is 0 Å². The molecule has 1 aliphatic rings. The van der Waals surface area contributed by atoms with E-state index in [1.807, 2.05) is 6.92 Å². The summed E-state index contributed by atoms with van der Waals surface area (Å²) in [6.45, 7) is 5.05. The number of nitrogens with one attached hydrogen (secondary N) is 1. The Morgan fingerprint density at radius 3 is 2.56 bits per heavy atom. The molecule has 0 aromatic rings. The molecule has 0 saturated heterocycles. The van der Waals surface area contributed by atoms with E-state index in [2.05, 4.69) is 12.2 Å². The van der Waals surface area contributed by atoms with Crippen molar-refractivity contribution >= 4 is 17.5 Å². The fourth-order valence-corrected chi connectivity index (χ4v) is 2.42. The second kappa shape index (κ2) is 7.16. The maximum absolute atomic E-state index is 11.8. The zero-order valence-electron chi connectivity index (χ0n) is 10.5. The van der Waals surface area contributed by atoms with Crippen LogP contribution in [0.1, 0.15) is 52.4 Å². The maximum Gasteiger partial charge on any atom is 0.223 e. The first-order valence-corrected chi connectivity index (χ1v) is 6.95. The molecule has 1 atom stereocenters. The third-order valence-electron chi connectivity index (χ3n) is 3.46. The summed E-state index contributed by atoms with van der Waals surface area (Å²) in [6, 6.07) is 0. The molecule has 94 valence electrons. The van der Waals surface area contributed by atoms with Crippen LogP contribution in [0, 0.1) is 11.8 Å². The Morgan fingerprint density at radius 1 is 1.38 bits per heavy atom. The van der Waals surface area contributed by atoms with Gasteiger partial charge in [-0.15, -0.1) is 11.6 Å². The fraction of sp³-hybridized carbons (Fsp3) is 0.923. The van der Waals surface area contributed by atoms with Crippen LogP contribution in [0.5, 0.6) is 0 Å². The lowest BCUT2D eigenvalue weighted by Crippen LogP contribution is -2.33. The summed E-state index contributed by atoms with van der Waals surface area (Å²) in [5.41, 5.74) is 0. The number of carbonyl (C=O) groups is 1. The molecule has 1 amide bonds. The maximum atomic E-state index is 11.8. The molecule has 16 heavy (non-hydrogen) atoms. The molecular weight excluding hydrogens is 222 g/mol. The van der Waals surface area contributed by atoms with E-state index >= 15 is 0 Å². The molecule has 1 rings (SSSR count). The quantitative estimate of drug-likeness (QED) is 0.584. The van der Waals surface area contributed by atoms with E-state index in [1.54, 1.807) is 0 Å². The van der Waals surface area contributed by atoms with Crippen molar-refractivity contribution in [3.63, 3.8) is 0 Å². The Bertz CT molecular complexity index is 210. The number of alkyl halides is 1. The molecule has 0 heterocycles. The first kappa shape index (κ1) is 13.8. The Kier molecular flexibility index (Phi) is 6.18. The van der Waals surface area contributed by atoms with Crippen LogP contribution in [0.25, 0.3) is 0 Å². The van der Waals surface area contributed by atoms with E-state index in [1.165, 1.54) is 12.8 Å². The first-order valence-electron chi connectivity index (χ1n) is 6.51. The van der Waals surface area contributed by atoms with Gasteiger partial charge < -0.3 is 5.32 Å². The molecule has 0 aromatic heterocycles. The monoisotopic (exact) mass is 245 g/mol. The minimum Gasteiger partial charge on any atom is -0.356 e. The molecule has 2 nitrogen and oxygen atoms in total. The van der Waals surface area contributed by atoms with Gasteiger partial charge in [0.1, 0.15) is 0 Å². The lowest BCUT2D eigenvalue weighted by molar-refractivity contribution is -0.126. The van der Waals surface area contributed by atoms with Crippen LogP contribution in [-0.2, 0) is 4.79 Å². The summed E-state index contributed by atoms with van der Waals surface area (Å²) in [6.07, 6.45) is 6.51. The van der Waals surface area contributed by atoms with E-state index in [-0.39, 0.29) is 17.2 Å². The van der Waals surface area contributed by atoms with Crippen molar-refractivity contribution in [2.24, 2.45) is 11.8 Å². The zero-order chi connectivity index (χ0) is 12.0. The lowest BCUT2D eigenvalue weighted by atomic mass is 9.82. The number of carbonyl (C=O) groups excluding carboxylic acids is 1. The lowest BCUT2D eigenvalue weighted by Gasteiger charge is -2.25. The summed E-state index contributed by atoms with van der Waals surface area (Å²) in [5, 5.41) is 3.24. The predicted octanol–water partition coefficient (Wildman–Crippen LogP) is 3.34. The normalized spacial score (nSPS) is 27.4. The Balaban J connectivity index is 2.10. The number of hydrogen-bond acceptors (Lipinski definition) is 1. The molecule has 3 heteroatoms. The summed E-state index contributed by atoms with van der Waals surface area (Å²) in [5.74, 6) is 1.33. The number of hydrogen-bond donors (Lipinski definition) is 1. The van der Waals surface area contributed by atoms with Gasteiger partial charge in [-0.2, -0.15) is 0 Å². The van der Waals surface area contributed by atoms with Crippen molar-refractivity contribution < 1.29 is 4.79 Å². The van der Waals surface area contributed by atoms with Crippen LogP contribution < -0.4 is 5.32 Å². The molecule has 1 aliphatic carbocycles. The van der Waals surface area contributed by atoms with Gasteiger partial charge in [0.25, 0.3) is 0 Å². The molecular formula is C13H24ClNO. The molecule has 1 saturated carbocycles. The number of amides is 1. The summed E-state index contributed by atoms with van der Waals surface area (Å²) >= 11 is 5.85. The smallest absolute Gasteiger partial charge is 0.223 e. The van der Waals surface area contributed by atoms with Gasteiger partial charge in [0, 0.05) is 17.8 Å². The van der Waals surface area contributed by atoms with E-state index in [0.29, 0.717) is 0 Å². The van der Waals surface area contributed by atoms with Crippen LogP contribution in [0.15, 0.2) is 0 Å². The van der Waals surface area contributed by atoms with Crippen molar-refractivity contribution in [2.45, 2.75) is 57.7 Å². The van der Waals surface area contributed by atoms with Gasteiger partial charge in [-0.3, -0.25) is 4.79 Å². The zero-order valence-corrected chi connectivity index (χ0v) is 11.2. The average Bonchev–Trinajstić information content (AvgIpc) is 2.25. The third kappa shape index (κ3) is 5.20. The average molecular weight is 246 g/mol. The molecule has 1 unspecified atom stereocenters. The third-order valence-corrected chi connectivity index (χ3v) is 3.68.